The lowest BCUT2D eigenvalue weighted by Gasteiger charge is -2.43. The van der Waals surface area contributed by atoms with Gasteiger partial charge in [0.05, 0.1) is 30.3 Å². The van der Waals surface area contributed by atoms with Crippen LogP contribution in [0.5, 0.6) is 0 Å². The number of methoxy groups -OCH3 is 1. The Morgan fingerprint density at radius 2 is 1.38 bits per heavy atom. The predicted molar refractivity (Wildman–Crippen MR) is 269 cm³/mol. The third-order valence-electron chi connectivity index (χ3n) is 13.2. The van der Waals surface area contributed by atoms with Crippen LogP contribution in [0.4, 0.5) is 0 Å². The quantitative estimate of drug-likeness (QED) is 0.0349. The van der Waals surface area contributed by atoms with Gasteiger partial charge in [0.25, 0.3) is 8.32 Å². The smallest absolute Gasteiger partial charge is 0.261 e. The van der Waals surface area contributed by atoms with Crippen molar-refractivity contribution in [3.8, 4) is 0 Å². The van der Waals surface area contributed by atoms with E-state index < -0.39 is 61.4 Å². The molecule has 0 fully saturated rings. The molecule has 1 heterocycles. The van der Waals surface area contributed by atoms with Crippen LogP contribution in [0.1, 0.15) is 86.1 Å². The number of carbonyl (C=O) groups excluding carboxylic acids is 1. The first-order chi connectivity index (χ1) is 31.2. The standard InChI is InChI=1S/C54H74O8SSi2/c1-9-64(10-2,11-3)61-43-47(59-42-45-28-17-12-18-29-45)40-44(4)52(55)51(63(56,57)48-32-20-13-21-33-48)41-54(58-8)38-27-31-46(62-54)30-19-16-26-39-60-65(53(5,6)7,49-34-22-14-23-35-49)50-36-24-15-25-37-50/h12-15,17-25,27-30,32-38,44,46-47,51H,9-11,16,26,31,39-43H2,1-8H3/b30-19+/t44-,46+,47-,51?,54+/m0/s1. The summed E-state index contributed by atoms with van der Waals surface area (Å²) in [6, 6.07) is 42.4. The van der Waals surface area contributed by atoms with Crippen molar-refractivity contribution < 1.29 is 36.3 Å². The van der Waals surface area contributed by atoms with Gasteiger partial charge in [-0.15, -0.1) is 0 Å². The maximum atomic E-state index is 14.8. The molecule has 0 aromatic heterocycles. The Morgan fingerprint density at radius 1 is 0.831 bits per heavy atom. The van der Waals surface area contributed by atoms with Crippen molar-refractivity contribution in [2.75, 3.05) is 20.3 Å². The van der Waals surface area contributed by atoms with E-state index >= 15 is 0 Å². The Kier molecular flexibility index (Phi) is 19.5. The molecule has 0 saturated heterocycles. The average Bonchev–Trinajstić information content (AvgIpc) is 3.33. The summed E-state index contributed by atoms with van der Waals surface area (Å²) in [6.45, 7) is 16.5. The van der Waals surface area contributed by atoms with Crippen LogP contribution < -0.4 is 10.4 Å². The van der Waals surface area contributed by atoms with Crippen molar-refractivity contribution in [3.05, 3.63) is 151 Å². The fourth-order valence-electron chi connectivity index (χ4n) is 9.12. The van der Waals surface area contributed by atoms with Crippen LogP contribution in [0.2, 0.25) is 23.2 Å². The van der Waals surface area contributed by atoms with Crippen LogP contribution in [-0.2, 0) is 44.3 Å². The van der Waals surface area contributed by atoms with Gasteiger partial charge in [-0.2, -0.15) is 0 Å². The Morgan fingerprint density at radius 3 is 1.92 bits per heavy atom. The van der Waals surface area contributed by atoms with E-state index in [4.69, 9.17) is 23.1 Å². The van der Waals surface area contributed by atoms with Gasteiger partial charge >= 0.3 is 0 Å². The number of carbonyl (C=O) groups is 1. The second kappa shape index (κ2) is 24.3. The van der Waals surface area contributed by atoms with Gasteiger partial charge in [-0.25, -0.2) is 8.42 Å². The number of unbranched alkanes of at least 4 members (excludes halogenated alkanes) is 1. The summed E-state index contributed by atoms with van der Waals surface area (Å²) in [6.07, 6.45) is 9.29. The fraction of sp³-hybridized carbons (Fsp3) is 0.463. The minimum atomic E-state index is -4.18. The number of hydrogen-bond acceptors (Lipinski definition) is 8. The van der Waals surface area contributed by atoms with Crippen molar-refractivity contribution >= 4 is 42.6 Å². The number of sulfone groups is 1. The molecular formula is C54H74O8SSi2. The highest BCUT2D eigenvalue weighted by Gasteiger charge is 2.50. The Balaban J connectivity index is 1.32. The summed E-state index contributed by atoms with van der Waals surface area (Å²) in [5.41, 5.74) is 1.02. The van der Waals surface area contributed by atoms with E-state index in [1.54, 1.807) is 43.3 Å². The number of ether oxygens (including phenoxy) is 3. The molecule has 5 atom stereocenters. The van der Waals surface area contributed by atoms with Crippen LogP contribution in [0.25, 0.3) is 0 Å². The second-order valence-electron chi connectivity index (χ2n) is 18.5. The van der Waals surface area contributed by atoms with Crippen LogP contribution in [0.15, 0.2) is 151 Å². The number of allylic oxidation sites excluding steroid dienone is 1. The maximum absolute atomic E-state index is 14.8. The molecule has 0 N–H and O–H groups in total. The molecule has 65 heavy (non-hydrogen) atoms. The van der Waals surface area contributed by atoms with Gasteiger partial charge in [-0.05, 0) is 83.0 Å². The van der Waals surface area contributed by atoms with Crippen molar-refractivity contribution in [2.24, 2.45) is 5.92 Å². The summed E-state index contributed by atoms with van der Waals surface area (Å²) < 4.78 is 62.2. The minimum absolute atomic E-state index is 0.0816. The summed E-state index contributed by atoms with van der Waals surface area (Å²) in [5.74, 6) is -2.53. The third-order valence-corrected chi connectivity index (χ3v) is 25.0. The monoisotopic (exact) mass is 938 g/mol. The van der Waals surface area contributed by atoms with E-state index in [0.29, 0.717) is 32.7 Å². The average molecular weight is 939 g/mol. The fourth-order valence-corrected chi connectivity index (χ4v) is 18.2. The predicted octanol–water partition coefficient (Wildman–Crippen LogP) is 11.0. The molecule has 0 aliphatic carbocycles. The number of hydrogen-bond donors (Lipinski definition) is 0. The van der Waals surface area contributed by atoms with E-state index in [1.807, 2.05) is 42.5 Å². The van der Waals surface area contributed by atoms with Gasteiger partial charge in [0.1, 0.15) is 5.25 Å². The molecule has 5 rings (SSSR count). The first kappa shape index (κ1) is 52.2. The first-order valence-corrected chi connectivity index (χ1v) is 29.6. The minimum Gasteiger partial charge on any atom is -0.414 e. The normalized spacial score (nSPS) is 18.7. The van der Waals surface area contributed by atoms with Gasteiger partial charge in [0.15, 0.2) is 29.7 Å². The van der Waals surface area contributed by atoms with Gasteiger partial charge < -0.3 is 23.1 Å². The highest BCUT2D eigenvalue weighted by molar-refractivity contribution is 7.92. The zero-order valence-electron chi connectivity index (χ0n) is 40.1. The highest BCUT2D eigenvalue weighted by Crippen LogP contribution is 2.38. The lowest BCUT2D eigenvalue weighted by molar-refractivity contribution is -0.213. The van der Waals surface area contributed by atoms with Crippen LogP contribution in [-0.4, -0.2) is 74.4 Å². The van der Waals surface area contributed by atoms with E-state index in [9.17, 15) is 13.2 Å². The molecule has 0 spiro atoms. The lowest BCUT2D eigenvalue weighted by Crippen LogP contribution is -2.66. The topological polar surface area (TPSA) is 97.4 Å². The van der Waals surface area contributed by atoms with Gasteiger partial charge in [-0.1, -0.05) is 176 Å². The Labute approximate surface area is 393 Å². The van der Waals surface area contributed by atoms with Crippen molar-refractivity contribution in [1.82, 2.24) is 0 Å². The summed E-state index contributed by atoms with van der Waals surface area (Å²) >= 11 is 0. The molecule has 8 nitrogen and oxygen atoms in total. The largest absolute Gasteiger partial charge is 0.414 e. The summed E-state index contributed by atoms with van der Waals surface area (Å²) in [5, 5.41) is 0.946. The van der Waals surface area contributed by atoms with Crippen molar-refractivity contribution in [1.29, 1.82) is 0 Å². The van der Waals surface area contributed by atoms with Gasteiger partial charge in [0.2, 0.25) is 0 Å². The van der Waals surface area contributed by atoms with E-state index in [0.717, 1.165) is 36.5 Å². The Bertz CT molecular complexity index is 2140. The molecule has 1 aliphatic rings. The number of Topliss-reactive ketones (excluding diaryl/α,β-unsaturated/α-hetero) is 1. The number of rotatable bonds is 26. The van der Waals surface area contributed by atoms with E-state index in [2.05, 4.69) is 108 Å². The zero-order chi connectivity index (χ0) is 47.0. The van der Waals surface area contributed by atoms with Crippen LogP contribution in [0, 0.1) is 5.92 Å². The molecule has 0 saturated carbocycles. The summed E-state index contributed by atoms with van der Waals surface area (Å²) in [7, 11) is -7.30. The van der Waals surface area contributed by atoms with Crippen LogP contribution >= 0.6 is 0 Å². The highest BCUT2D eigenvalue weighted by atomic mass is 32.2. The van der Waals surface area contributed by atoms with Crippen LogP contribution in [0.3, 0.4) is 0 Å². The molecule has 0 radical (unpaired) electrons. The third kappa shape index (κ3) is 13.4. The molecular weight excluding hydrogens is 865 g/mol. The lowest BCUT2D eigenvalue weighted by atomic mass is 9.93. The SMILES string of the molecule is CC[Si](CC)(CC)OC[C@H](C[C@H](C)C(=O)C(C[C@@]1(OC)C=CC[C@@H](/C=C/CCCO[Si](c2ccccc2)(c2ccccc2)C(C)(C)C)O1)S(=O)(=O)c1ccccc1)OCc1ccccc1. The molecule has 1 aliphatic heterocycles. The van der Waals surface area contributed by atoms with Gasteiger partial charge in [-0.3, -0.25) is 4.79 Å². The molecule has 0 bridgehead atoms. The van der Waals surface area contributed by atoms with E-state index in [1.165, 1.54) is 17.5 Å². The Hall–Kier alpha value is -3.79. The summed E-state index contributed by atoms with van der Waals surface area (Å²) in [4.78, 5) is 14.9. The van der Waals surface area contributed by atoms with E-state index in [-0.39, 0.29) is 16.4 Å². The maximum Gasteiger partial charge on any atom is 0.261 e. The molecule has 1 unspecified atom stereocenters. The molecule has 11 heteroatoms. The second-order valence-corrected chi connectivity index (χ2v) is 29.7. The molecule has 0 amide bonds. The molecule has 4 aromatic carbocycles. The zero-order valence-corrected chi connectivity index (χ0v) is 42.9. The number of benzene rings is 4. The molecule has 352 valence electrons. The van der Waals surface area contributed by atoms with Crippen molar-refractivity contribution in [2.45, 2.75) is 138 Å². The molecule has 4 aromatic rings. The first-order valence-electron chi connectivity index (χ1n) is 23.6. The number of ketones is 1. The van der Waals surface area contributed by atoms with Crippen molar-refractivity contribution in [3.63, 3.8) is 0 Å². The van der Waals surface area contributed by atoms with Gasteiger partial charge in [0, 0.05) is 26.1 Å².